The Labute approximate surface area is 164 Å². The van der Waals surface area contributed by atoms with Gasteiger partial charge in [0.1, 0.15) is 0 Å². The van der Waals surface area contributed by atoms with Crippen molar-refractivity contribution in [1.29, 1.82) is 0 Å². The lowest BCUT2D eigenvalue weighted by molar-refractivity contribution is -0.136. The van der Waals surface area contributed by atoms with Crippen LogP contribution < -0.4 is 5.32 Å². The lowest BCUT2D eigenvalue weighted by atomic mass is 9.96. The van der Waals surface area contributed by atoms with Crippen LogP contribution in [0.2, 0.25) is 5.02 Å². The molecular formula is C21H24ClN3O2. The fourth-order valence-corrected chi connectivity index (χ4v) is 3.55. The molecule has 0 radical (unpaired) electrons. The summed E-state index contributed by atoms with van der Waals surface area (Å²) in [6.07, 6.45) is 1.61. The lowest BCUT2D eigenvalue weighted by Gasteiger charge is -2.34. The van der Waals surface area contributed by atoms with E-state index in [2.05, 4.69) is 5.32 Å². The van der Waals surface area contributed by atoms with Crippen molar-refractivity contribution in [3.05, 3.63) is 65.2 Å². The molecule has 1 fully saturated rings. The smallest absolute Gasteiger partial charge is 0.321 e. The second-order valence-electron chi connectivity index (χ2n) is 6.87. The van der Waals surface area contributed by atoms with Crippen LogP contribution in [0.3, 0.4) is 0 Å². The Bertz CT molecular complexity index is 797. The molecule has 1 unspecified atom stereocenters. The number of hydrogen-bond acceptors (Lipinski definition) is 2. The van der Waals surface area contributed by atoms with Crippen LogP contribution in [0, 0.1) is 5.92 Å². The molecule has 1 aliphatic heterocycles. The van der Waals surface area contributed by atoms with Gasteiger partial charge in [0.15, 0.2) is 0 Å². The van der Waals surface area contributed by atoms with Crippen LogP contribution in [-0.4, -0.2) is 41.9 Å². The predicted octanol–water partition coefficient (Wildman–Crippen LogP) is 4.24. The molecule has 3 rings (SSSR count). The third-order valence-corrected chi connectivity index (χ3v) is 5.19. The molecule has 3 amide bonds. The lowest BCUT2D eigenvalue weighted by Crippen LogP contribution is -2.47. The summed E-state index contributed by atoms with van der Waals surface area (Å²) in [6.45, 7) is 1.56. The molecule has 1 heterocycles. The van der Waals surface area contributed by atoms with Crippen molar-refractivity contribution >= 4 is 29.2 Å². The SMILES string of the molecule is CN(Cc1ccccc1Cl)C(=O)C1CCCN(C(=O)Nc2ccccc2)C1. The number of para-hydroxylation sites is 1. The second-order valence-corrected chi connectivity index (χ2v) is 7.27. The Kier molecular flexibility index (Phi) is 6.35. The summed E-state index contributed by atoms with van der Waals surface area (Å²) in [5.41, 5.74) is 1.68. The van der Waals surface area contributed by atoms with E-state index in [9.17, 15) is 9.59 Å². The van der Waals surface area contributed by atoms with E-state index in [4.69, 9.17) is 11.6 Å². The van der Waals surface area contributed by atoms with Crippen LogP contribution in [0.25, 0.3) is 0 Å². The average molecular weight is 386 g/mol. The number of piperidine rings is 1. The van der Waals surface area contributed by atoms with Gasteiger partial charge in [-0.3, -0.25) is 4.79 Å². The first kappa shape index (κ1) is 19.2. The second kappa shape index (κ2) is 8.91. The first-order chi connectivity index (χ1) is 13.0. The minimum Gasteiger partial charge on any atom is -0.341 e. The summed E-state index contributed by atoms with van der Waals surface area (Å²) in [4.78, 5) is 28.8. The zero-order valence-corrected chi connectivity index (χ0v) is 16.2. The Morgan fingerprint density at radius 1 is 1.15 bits per heavy atom. The van der Waals surface area contributed by atoms with Gasteiger partial charge in [-0.1, -0.05) is 48.0 Å². The van der Waals surface area contributed by atoms with Crippen LogP contribution in [0.5, 0.6) is 0 Å². The Hall–Kier alpha value is -2.53. The fourth-order valence-electron chi connectivity index (χ4n) is 3.36. The van der Waals surface area contributed by atoms with E-state index in [1.165, 1.54) is 0 Å². The highest BCUT2D eigenvalue weighted by molar-refractivity contribution is 6.31. The Morgan fingerprint density at radius 2 is 1.85 bits per heavy atom. The average Bonchev–Trinajstić information content (AvgIpc) is 2.70. The normalized spacial score (nSPS) is 16.7. The van der Waals surface area contributed by atoms with Gasteiger partial charge in [0.2, 0.25) is 5.91 Å². The van der Waals surface area contributed by atoms with Gasteiger partial charge in [-0.2, -0.15) is 0 Å². The number of amides is 3. The summed E-state index contributed by atoms with van der Waals surface area (Å²) in [6, 6.07) is 16.7. The molecule has 6 heteroatoms. The molecule has 2 aromatic rings. The summed E-state index contributed by atoms with van der Waals surface area (Å²) >= 11 is 6.20. The number of likely N-dealkylation sites (tertiary alicyclic amines) is 1. The highest BCUT2D eigenvalue weighted by atomic mass is 35.5. The molecular weight excluding hydrogens is 362 g/mol. The number of benzene rings is 2. The number of rotatable bonds is 4. The highest BCUT2D eigenvalue weighted by Gasteiger charge is 2.30. The highest BCUT2D eigenvalue weighted by Crippen LogP contribution is 2.22. The zero-order chi connectivity index (χ0) is 19.2. The van der Waals surface area contributed by atoms with Gasteiger partial charge in [0.05, 0.1) is 5.92 Å². The van der Waals surface area contributed by atoms with Crippen molar-refractivity contribution in [1.82, 2.24) is 9.80 Å². The van der Waals surface area contributed by atoms with Crippen molar-refractivity contribution in [2.45, 2.75) is 19.4 Å². The summed E-state index contributed by atoms with van der Waals surface area (Å²) < 4.78 is 0. The van der Waals surface area contributed by atoms with Crippen LogP contribution >= 0.6 is 11.6 Å². The molecule has 0 saturated carbocycles. The largest absolute Gasteiger partial charge is 0.341 e. The maximum Gasteiger partial charge on any atom is 0.321 e. The number of carbonyl (C=O) groups is 2. The van der Waals surface area contributed by atoms with Crippen molar-refractivity contribution in [2.24, 2.45) is 5.92 Å². The number of nitrogens with zero attached hydrogens (tertiary/aromatic N) is 2. The van der Waals surface area contributed by atoms with Crippen LogP contribution in [0.1, 0.15) is 18.4 Å². The minimum absolute atomic E-state index is 0.0483. The number of urea groups is 1. The van der Waals surface area contributed by atoms with Gasteiger partial charge in [0, 0.05) is 37.4 Å². The quantitative estimate of drug-likeness (QED) is 0.855. The van der Waals surface area contributed by atoms with E-state index < -0.39 is 0 Å². The van der Waals surface area contributed by atoms with E-state index in [1.807, 2.05) is 54.6 Å². The molecule has 1 atom stereocenters. The topological polar surface area (TPSA) is 52.7 Å². The molecule has 5 nitrogen and oxygen atoms in total. The van der Waals surface area contributed by atoms with E-state index in [0.717, 1.165) is 24.1 Å². The number of hydrogen-bond donors (Lipinski definition) is 1. The third-order valence-electron chi connectivity index (χ3n) is 4.82. The summed E-state index contributed by atoms with van der Waals surface area (Å²) in [5, 5.41) is 3.55. The maximum absolute atomic E-state index is 12.9. The number of anilines is 1. The number of halogens is 1. The summed E-state index contributed by atoms with van der Waals surface area (Å²) in [7, 11) is 1.79. The number of carbonyl (C=O) groups excluding carboxylic acids is 2. The van der Waals surface area contributed by atoms with Crippen molar-refractivity contribution in [3.8, 4) is 0 Å². The first-order valence-electron chi connectivity index (χ1n) is 9.14. The van der Waals surface area contributed by atoms with Crippen molar-refractivity contribution < 1.29 is 9.59 Å². The molecule has 0 aliphatic carbocycles. The molecule has 142 valence electrons. The fraction of sp³-hybridized carbons (Fsp3) is 0.333. The van der Waals surface area contributed by atoms with Gasteiger partial charge in [-0.15, -0.1) is 0 Å². The van der Waals surface area contributed by atoms with Crippen LogP contribution in [-0.2, 0) is 11.3 Å². The zero-order valence-electron chi connectivity index (χ0n) is 15.4. The van der Waals surface area contributed by atoms with Gasteiger partial charge in [-0.25, -0.2) is 4.79 Å². The maximum atomic E-state index is 12.9. The van der Waals surface area contributed by atoms with Crippen LogP contribution in [0.4, 0.5) is 10.5 Å². The van der Waals surface area contributed by atoms with Crippen LogP contribution in [0.15, 0.2) is 54.6 Å². The monoisotopic (exact) mass is 385 g/mol. The minimum atomic E-state index is -0.187. The third kappa shape index (κ3) is 5.01. The molecule has 0 spiro atoms. The molecule has 0 bridgehead atoms. The Balaban J connectivity index is 1.59. The van der Waals surface area contributed by atoms with Gasteiger partial charge in [-0.05, 0) is 36.6 Å². The predicted molar refractivity (Wildman–Crippen MR) is 108 cm³/mol. The molecule has 27 heavy (non-hydrogen) atoms. The molecule has 0 aromatic heterocycles. The molecule has 2 aromatic carbocycles. The molecule has 1 saturated heterocycles. The standard InChI is InChI=1S/C21H24ClN3O2/c1-24(14-16-8-5-6-12-19(16)22)20(26)17-9-7-13-25(15-17)21(27)23-18-10-3-2-4-11-18/h2-6,8,10-12,17H,7,9,13-15H2,1H3,(H,23,27). The first-order valence-corrected chi connectivity index (χ1v) is 9.52. The number of nitrogens with one attached hydrogen (secondary N) is 1. The van der Waals surface area contributed by atoms with E-state index >= 15 is 0 Å². The molecule has 1 aliphatic rings. The van der Waals surface area contributed by atoms with Gasteiger partial charge in [0.25, 0.3) is 0 Å². The summed E-state index contributed by atoms with van der Waals surface area (Å²) in [5.74, 6) is -0.139. The van der Waals surface area contributed by atoms with Gasteiger partial charge >= 0.3 is 6.03 Å². The van der Waals surface area contributed by atoms with E-state index in [-0.39, 0.29) is 17.9 Å². The Morgan fingerprint density at radius 3 is 2.59 bits per heavy atom. The van der Waals surface area contributed by atoms with Crippen molar-refractivity contribution in [2.75, 3.05) is 25.5 Å². The molecule has 1 N–H and O–H groups in total. The van der Waals surface area contributed by atoms with Crippen molar-refractivity contribution in [3.63, 3.8) is 0 Å². The van der Waals surface area contributed by atoms with E-state index in [1.54, 1.807) is 16.8 Å². The van der Waals surface area contributed by atoms with Gasteiger partial charge < -0.3 is 15.1 Å². The van der Waals surface area contributed by atoms with E-state index in [0.29, 0.717) is 24.7 Å².